The van der Waals surface area contributed by atoms with Gasteiger partial charge in [-0.05, 0) is 91.1 Å². The molecular formula is C34H43F2N2PS. The number of aryl methyl sites for hydroxylation is 2. The highest BCUT2D eigenvalue weighted by Crippen LogP contribution is 2.36. The quantitative estimate of drug-likeness (QED) is 0.182. The number of rotatable bonds is 6. The van der Waals surface area contributed by atoms with Gasteiger partial charge in [0.2, 0.25) is 5.95 Å². The van der Waals surface area contributed by atoms with Crippen molar-refractivity contribution < 1.29 is 8.78 Å². The van der Waals surface area contributed by atoms with Crippen molar-refractivity contribution in [2.45, 2.75) is 65.2 Å². The number of allylic oxidation sites excluding steroid dienone is 1. The van der Waals surface area contributed by atoms with Crippen LogP contribution in [0.5, 0.6) is 0 Å². The highest BCUT2D eigenvalue weighted by molar-refractivity contribution is 7.33. The normalized spacial score (nSPS) is 13.3. The topological polar surface area (TPSA) is 24.9 Å². The van der Waals surface area contributed by atoms with Gasteiger partial charge in [-0.25, -0.2) is 9.37 Å². The average Bonchev–Trinajstić information content (AvgIpc) is 3.32. The van der Waals surface area contributed by atoms with Crippen molar-refractivity contribution in [3.63, 3.8) is 0 Å². The van der Waals surface area contributed by atoms with E-state index in [1.807, 2.05) is 20.2 Å². The van der Waals surface area contributed by atoms with E-state index in [-0.39, 0.29) is 5.82 Å². The van der Waals surface area contributed by atoms with Gasteiger partial charge in [0.1, 0.15) is 5.82 Å². The molecule has 0 saturated heterocycles. The number of hydrogen-bond acceptors (Lipinski definition) is 3. The lowest BCUT2D eigenvalue weighted by Gasteiger charge is -2.22. The van der Waals surface area contributed by atoms with Crippen LogP contribution in [0.1, 0.15) is 68.4 Å². The van der Waals surface area contributed by atoms with E-state index >= 15 is 0 Å². The summed E-state index contributed by atoms with van der Waals surface area (Å²) in [5, 5.41) is 4.49. The number of nitrogens with zero attached hydrogens (tertiary/aromatic N) is 1. The van der Waals surface area contributed by atoms with Crippen LogP contribution in [0, 0.1) is 17.7 Å². The molecule has 40 heavy (non-hydrogen) atoms. The molecule has 2 heterocycles. The monoisotopic (exact) mass is 580 g/mol. The first-order valence-corrected chi connectivity index (χ1v) is 15.7. The maximum absolute atomic E-state index is 13.9. The Kier molecular flexibility index (Phi) is 12.9. The number of pyridine rings is 1. The Morgan fingerprint density at radius 3 is 2.25 bits per heavy atom. The maximum Gasteiger partial charge on any atom is 0.212 e. The van der Waals surface area contributed by atoms with Gasteiger partial charge in [0.25, 0.3) is 0 Å². The van der Waals surface area contributed by atoms with Crippen LogP contribution >= 0.6 is 20.6 Å². The minimum Gasteiger partial charge on any atom is -0.323 e. The predicted octanol–water partition coefficient (Wildman–Crippen LogP) is 9.37. The van der Waals surface area contributed by atoms with Gasteiger partial charge in [0.05, 0.1) is 0 Å². The fourth-order valence-electron chi connectivity index (χ4n) is 5.25. The van der Waals surface area contributed by atoms with Crippen molar-refractivity contribution >= 4 is 41.5 Å². The summed E-state index contributed by atoms with van der Waals surface area (Å²) < 4.78 is 27.7. The van der Waals surface area contributed by atoms with Gasteiger partial charge in [-0.1, -0.05) is 76.8 Å². The van der Waals surface area contributed by atoms with Crippen LogP contribution in [0.3, 0.4) is 0 Å². The second-order valence-electron chi connectivity index (χ2n) is 10.3. The fourth-order valence-corrected chi connectivity index (χ4v) is 7.15. The van der Waals surface area contributed by atoms with Gasteiger partial charge in [-0.15, -0.1) is 20.6 Å². The molecule has 0 aliphatic heterocycles. The van der Waals surface area contributed by atoms with E-state index in [1.54, 1.807) is 29.7 Å². The van der Waals surface area contributed by atoms with E-state index in [0.717, 1.165) is 51.7 Å². The number of aromatic nitrogens is 1. The van der Waals surface area contributed by atoms with Crippen molar-refractivity contribution in [1.82, 2.24) is 10.3 Å². The van der Waals surface area contributed by atoms with E-state index in [4.69, 9.17) is 0 Å². The highest BCUT2D eigenvalue weighted by atomic mass is 32.1. The summed E-state index contributed by atoms with van der Waals surface area (Å²) in [4.78, 5) is 4.85. The van der Waals surface area contributed by atoms with Gasteiger partial charge >= 0.3 is 0 Å². The predicted molar refractivity (Wildman–Crippen MR) is 175 cm³/mol. The zero-order chi connectivity index (χ0) is 29.1. The first kappa shape index (κ1) is 32.1. The molecule has 214 valence electrons. The van der Waals surface area contributed by atoms with Crippen LogP contribution in [0.2, 0.25) is 0 Å². The second kappa shape index (κ2) is 16.1. The number of nitrogens with one attached hydrogen (secondary N) is 1. The molecule has 4 aromatic rings. The lowest BCUT2D eigenvalue weighted by Crippen LogP contribution is -2.07. The molecule has 2 nitrogen and oxygen atoms in total. The molecule has 0 bridgehead atoms. The van der Waals surface area contributed by atoms with E-state index in [2.05, 4.69) is 58.2 Å². The summed E-state index contributed by atoms with van der Waals surface area (Å²) in [5.41, 5.74) is 5.98. The molecule has 0 radical (unpaired) electrons. The number of halogens is 2. The molecule has 1 unspecified atom stereocenters. The molecule has 1 fully saturated rings. The largest absolute Gasteiger partial charge is 0.323 e. The molecule has 1 N–H and O–H groups in total. The molecule has 1 aliphatic rings. The number of hydrogen-bond donors (Lipinski definition) is 1. The van der Waals surface area contributed by atoms with Crippen LogP contribution in [0.4, 0.5) is 8.78 Å². The third kappa shape index (κ3) is 8.52. The van der Waals surface area contributed by atoms with Gasteiger partial charge in [0.15, 0.2) is 0 Å². The molecule has 1 atom stereocenters. The Bertz CT molecular complexity index is 1370. The first-order chi connectivity index (χ1) is 19.3. The van der Waals surface area contributed by atoms with E-state index in [1.165, 1.54) is 65.8 Å². The molecule has 1 aliphatic carbocycles. The van der Waals surface area contributed by atoms with E-state index in [9.17, 15) is 8.78 Å². The summed E-state index contributed by atoms with van der Waals surface area (Å²) in [6.45, 7) is 8.59. The van der Waals surface area contributed by atoms with Crippen LogP contribution in [-0.2, 0) is 12.8 Å². The summed E-state index contributed by atoms with van der Waals surface area (Å²) in [6, 6.07) is 14.9. The molecule has 2 aromatic carbocycles. The third-order valence-electron chi connectivity index (χ3n) is 7.31. The van der Waals surface area contributed by atoms with Gasteiger partial charge < -0.3 is 5.32 Å². The smallest absolute Gasteiger partial charge is 0.212 e. The van der Waals surface area contributed by atoms with Crippen molar-refractivity contribution in [3.05, 3.63) is 89.1 Å². The number of fused-ring (bicyclic) bond motifs is 1. The van der Waals surface area contributed by atoms with Crippen molar-refractivity contribution in [2.75, 3.05) is 14.1 Å². The zero-order valence-corrected chi connectivity index (χ0v) is 26.3. The summed E-state index contributed by atoms with van der Waals surface area (Å²) >= 11 is 1.67. The number of benzene rings is 2. The van der Waals surface area contributed by atoms with Crippen molar-refractivity contribution in [2.24, 2.45) is 5.92 Å². The minimum atomic E-state index is -0.436. The SMILES string of the molecule is C=C(CC1CCCCC1)c1sc2cccc(F)c2c1P.CCc1ccc(-c2ccc(F)nc2)cc1CC.CNC. The summed E-state index contributed by atoms with van der Waals surface area (Å²) in [7, 11) is 6.47. The van der Waals surface area contributed by atoms with Crippen LogP contribution in [0.15, 0.2) is 61.3 Å². The Morgan fingerprint density at radius 2 is 1.65 bits per heavy atom. The summed E-state index contributed by atoms with van der Waals surface area (Å²) in [6.07, 6.45) is 11.4. The van der Waals surface area contributed by atoms with E-state index in [0.29, 0.717) is 0 Å². The van der Waals surface area contributed by atoms with Crippen molar-refractivity contribution in [1.29, 1.82) is 0 Å². The number of thiophene rings is 1. The zero-order valence-electron chi connectivity index (χ0n) is 24.3. The maximum atomic E-state index is 13.9. The van der Waals surface area contributed by atoms with Crippen LogP contribution in [0.25, 0.3) is 26.8 Å². The minimum absolute atomic E-state index is 0.125. The standard InChI is InChI=1S/C17H20FPS.C15H16FN.C2H7N/c1-11(10-12-6-3-2-4-7-12)17-16(19)15-13(18)8-5-9-14(15)20-17;1-3-11-5-6-13(9-12(11)4-2)14-7-8-15(16)17-10-14;1-3-2/h5,8-9,12H,1-4,6-7,10,19H2;5-10H,3-4H2,1-2H3;3H,1-2H3. The highest BCUT2D eigenvalue weighted by Gasteiger charge is 2.19. The average molecular weight is 581 g/mol. The van der Waals surface area contributed by atoms with Gasteiger partial charge in [-0.2, -0.15) is 4.39 Å². The fraction of sp³-hybridized carbons (Fsp3) is 0.382. The molecular weight excluding hydrogens is 537 g/mol. The Labute approximate surface area is 245 Å². The molecule has 0 amide bonds. The Hall–Kier alpha value is -2.46. The van der Waals surface area contributed by atoms with Crippen LogP contribution < -0.4 is 10.6 Å². The van der Waals surface area contributed by atoms with Crippen molar-refractivity contribution in [3.8, 4) is 11.1 Å². The molecule has 1 saturated carbocycles. The van der Waals surface area contributed by atoms with Crippen LogP contribution in [-0.4, -0.2) is 19.1 Å². The van der Waals surface area contributed by atoms with Gasteiger partial charge in [-0.3, -0.25) is 0 Å². The molecule has 6 heteroatoms. The third-order valence-corrected chi connectivity index (χ3v) is 9.37. The molecule has 2 aromatic heterocycles. The van der Waals surface area contributed by atoms with E-state index < -0.39 is 5.95 Å². The molecule has 0 spiro atoms. The Balaban J connectivity index is 0.000000203. The lowest BCUT2D eigenvalue weighted by molar-refractivity contribution is 0.365. The lowest BCUT2D eigenvalue weighted by atomic mass is 9.85. The first-order valence-electron chi connectivity index (χ1n) is 14.3. The second-order valence-corrected chi connectivity index (χ2v) is 12.0. The molecule has 5 rings (SSSR count). The van der Waals surface area contributed by atoms with Gasteiger partial charge in [0, 0.05) is 26.7 Å². The summed E-state index contributed by atoms with van der Waals surface area (Å²) in [5.74, 6) is 0.214. The Morgan fingerprint density at radius 1 is 0.975 bits per heavy atom.